The first kappa shape index (κ1) is 14.5. The third kappa shape index (κ3) is 4.06. The monoisotopic (exact) mass is 277 g/mol. The summed E-state index contributed by atoms with van der Waals surface area (Å²) in [5.41, 5.74) is 0.991. The first-order valence-corrected chi connectivity index (χ1v) is 6.82. The Morgan fingerprint density at radius 2 is 2.10 bits per heavy atom. The maximum absolute atomic E-state index is 11.9. The number of amides is 1. The van der Waals surface area contributed by atoms with Crippen LogP contribution in [0.4, 0.5) is 0 Å². The molecule has 0 aromatic heterocycles. The molecule has 0 saturated carbocycles. The van der Waals surface area contributed by atoms with E-state index in [4.69, 9.17) is 4.74 Å². The maximum atomic E-state index is 11.9. The smallest absolute Gasteiger partial charge is 0.309 e. The minimum atomic E-state index is -0.966. The Kier molecular flexibility index (Phi) is 5.12. The summed E-state index contributed by atoms with van der Waals surface area (Å²) in [6, 6.07) is 9.52. The Morgan fingerprint density at radius 3 is 2.70 bits per heavy atom. The van der Waals surface area contributed by atoms with Crippen molar-refractivity contribution >= 4 is 11.9 Å². The first-order valence-electron chi connectivity index (χ1n) is 6.82. The summed E-state index contributed by atoms with van der Waals surface area (Å²) in [5, 5.41) is 12.0. The van der Waals surface area contributed by atoms with E-state index in [0.717, 1.165) is 12.0 Å². The molecule has 1 aromatic carbocycles. The van der Waals surface area contributed by atoms with Crippen LogP contribution in [0.15, 0.2) is 30.3 Å². The number of carbonyl (C=O) groups is 2. The molecule has 108 valence electrons. The summed E-state index contributed by atoms with van der Waals surface area (Å²) in [6.07, 6.45) is 1.20. The van der Waals surface area contributed by atoms with E-state index >= 15 is 0 Å². The molecule has 2 atom stereocenters. The van der Waals surface area contributed by atoms with Gasteiger partial charge in [-0.05, 0) is 18.4 Å². The summed E-state index contributed by atoms with van der Waals surface area (Å²) in [5.74, 6) is -1.98. The Bertz CT molecular complexity index is 454. The van der Waals surface area contributed by atoms with Crippen molar-refractivity contribution in [1.29, 1.82) is 0 Å². The summed E-state index contributed by atoms with van der Waals surface area (Å²) in [4.78, 5) is 23.1. The molecule has 5 nitrogen and oxygen atoms in total. The van der Waals surface area contributed by atoms with E-state index in [2.05, 4.69) is 5.32 Å². The van der Waals surface area contributed by atoms with Crippen molar-refractivity contribution in [2.24, 2.45) is 5.92 Å². The quantitative estimate of drug-likeness (QED) is 0.827. The fraction of sp³-hybridized carbons (Fsp3) is 0.467. The van der Waals surface area contributed by atoms with E-state index in [-0.39, 0.29) is 18.4 Å². The molecule has 0 radical (unpaired) electrons. The highest BCUT2D eigenvalue weighted by molar-refractivity contribution is 5.82. The molecule has 0 spiro atoms. The van der Waals surface area contributed by atoms with E-state index in [0.29, 0.717) is 19.6 Å². The Hall–Kier alpha value is -1.88. The number of benzene rings is 1. The molecule has 1 aromatic rings. The first-order chi connectivity index (χ1) is 9.66. The van der Waals surface area contributed by atoms with E-state index in [1.807, 2.05) is 30.3 Å². The van der Waals surface area contributed by atoms with Crippen LogP contribution in [0.5, 0.6) is 0 Å². The van der Waals surface area contributed by atoms with Crippen LogP contribution in [-0.2, 0) is 20.9 Å². The number of aliphatic carboxylic acids is 1. The fourth-order valence-corrected chi connectivity index (χ4v) is 2.37. The topological polar surface area (TPSA) is 75.6 Å². The zero-order valence-corrected chi connectivity index (χ0v) is 11.2. The van der Waals surface area contributed by atoms with Gasteiger partial charge in [-0.15, -0.1) is 0 Å². The van der Waals surface area contributed by atoms with Crippen molar-refractivity contribution in [3.63, 3.8) is 0 Å². The van der Waals surface area contributed by atoms with Gasteiger partial charge in [0.05, 0.1) is 12.0 Å². The predicted octanol–water partition coefficient (Wildman–Crippen LogP) is 1.57. The van der Waals surface area contributed by atoms with Crippen molar-refractivity contribution in [3.05, 3.63) is 35.9 Å². The number of hydrogen-bond donors (Lipinski definition) is 2. The van der Waals surface area contributed by atoms with Crippen LogP contribution < -0.4 is 5.32 Å². The number of carboxylic acid groups (broad SMARTS) is 1. The number of rotatable bonds is 6. The molecular weight excluding hydrogens is 258 g/mol. The Labute approximate surface area is 117 Å². The minimum absolute atomic E-state index is 0.0349. The zero-order valence-electron chi connectivity index (χ0n) is 11.2. The second-order valence-corrected chi connectivity index (χ2v) is 4.96. The van der Waals surface area contributed by atoms with Gasteiger partial charge in [0, 0.05) is 19.6 Å². The summed E-state index contributed by atoms with van der Waals surface area (Å²) >= 11 is 0. The van der Waals surface area contributed by atoms with Gasteiger partial charge in [-0.2, -0.15) is 0 Å². The number of hydrogen-bond acceptors (Lipinski definition) is 3. The van der Waals surface area contributed by atoms with Crippen molar-refractivity contribution in [3.8, 4) is 0 Å². The van der Waals surface area contributed by atoms with Crippen molar-refractivity contribution < 1.29 is 19.4 Å². The summed E-state index contributed by atoms with van der Waals surface area (Å²) in [7, 11) is 0. The molecule has 1 saturated heterocycles. The lowest BCUT2D eigenvalue weighted by atomic mass is 9.96. The predicted molar refractivity (Wildman–Crippen MR) is 73.0 cm³/mol. The molecule has 1 aliphatic heterocycles. The van der Waals surface area contributed by atoms with Gasteiger partial charge in [0.2, 0.25) is 5.91 Å². The van der Waals surface area contributed by atoms with E-state index in [1.54, 1.807) is 0 Å². The maximum Gasteiger partial charge on any atom is 0.309 e. The Balaban J connectivity index is 1.84. The molecule has 1 fully saturated rings. The molecule has 0 aliphatic carbocycles. The summed E-state index contributed by atoms with van der Waals surface area (Å²) < 4.78 is 5.38. The number of ether oxygens (including phenoxy) is 1. The average molecular weight is 277 g/mol. The highest BCUT2D eigenvalue weighted by atomic mass is 16.5. The van der Waals surface area contributed by atoms with Gasteiger partial charge >= 0.3 is 5.97 Å². The molecule has 1 aliphatic rings. The highest BCUT2D eigenvalue weighted by Gasteiger charge is 2.33. The van der Waals surface area contributed by atoms with Crippen LogP contribution in [0.2, 0.25) is 0 Å². The molecule has 1 amide bonds. The van der Waals surface area contributed by atoms with Gasteiger partial charge in [0.15, 0.2) is 0 Å². The minimum Gasteiger partial charge on any atom is -0.481 e. The zero-order chi connectivity index (χ0) is 14.4. The normalized spacial score (nSPS) is 19.5. The highest BCUT2D eigenvalue weighted by Crippen LogP contribution is 2.23. The van der Waals surface area contributed by atoms with Crippen LogP contribution in [0.1, 0.15) is 24.8 Å². The van der Waals surface area contributed by atoms with Gasteiger partial charge in [-0.1, -0.05) is 30.3 Å². The van der Waals surface area contributed by atoms with Crippen molar-refractivity contribution in [2.75, 3.05) is 6.61 Å². The van der Waals surface area contributed by atoms with Gasteiger partial charge in [-0.3, -0.25) is 9.59 Å². The van der Waals surface area contributed by atoms with Crippen LogP contribution in [0.25, 0.3) is 0 Å². The van der Waals surface area contributed by atoms with Crippen LogP contribution in [0.3, 0.4) is 0 Å². The van der Waals surface area contributed by atoms with Crippen molar-refractivity contribution in [2.45, 2.75) is 31.9 Å². The van der Waals surface area contributed by atoms with Crippen LogP contribution in [0, 0.1) is 5.92 Å². The van der Waals surface area contributed by atoms with E-state index < -0.39 is 11.9 Å². The van der Waals surface area contributed by atoms with Gasteiger partial charge in [0.1, 0.15) is 0 Å². The standard InChI is InChI=1S/C15H19NO4/c17-14(16-10-11-5-2-1-3-6-11)9-12(15(18)19)13-7-4-8-20-13/h1-3,5-6,12-13H,4,7-10H2,(H,16,17)(H,18,19)/t12-,13+/m0/s1. The molecule has 2 rings (SSSR count). The molecule has 5 heteroatoms. The largest absolute Gasteiger partial charge is 0.481 e. The lowest BCUT2D eigenvalue weighted by molar-refractivity contribution is -0.148. The summed E-state index contributed by atoms with van der Waals surface area (Å²) in [6.45, 7) is 0.998. The fourth-order valence-electron chi connectivity index (χ4n) is 2.37. The van der Waals surface area contributed by atoms with Gasteiger partial charge in [-0.25, -0.2) is 0 Å². The second-order valence-electron chi connectivity index (χ2n) is 4.96. The molecular formula is C15H19NO4. The van der Waals surface area contributed by atoms with E-state index in [9.17, 15) is 14.7 Å². The van der Waals surface area contributed by atoms with Gasteiger partial charge < -0.3 is 15.2 Å². The second kappa shape index (κ2) is 7.05. The molecule has 2 N–H and O–H groups in total. The number of carbonyl (C=O) groups excluding carboxylic acids is 1. The van der Waals surface area contributed by atoms with E-state index in [1.165, 1.54) is 0 Å². The third-order valence-electron chi connectivity index (χ3n) is 3.47. The molecule has 0 bridgehead atoms. The molecule has 0 unspecified atom stereocenters. The van der Waals surface area contributed by atoms with Crippen molar-refractivity contribution in [1.82, 2.24) is 5.32 Å². The Morgan fingerprint density at radius 1 is 1.35 bits per heavy atom. The van der Waals surface area contributed by atoms with Crippen LogP contribution in [-0.4, -0.2) is 29.7 Å². The SMILES string of the molecule is O=C(C[C@H](C(=O)O)[C@H]1CCCO1)NCc1ccccc1. The number of nitrogens with one attached hydrogen (secondary N) is 1. The molecule has 20 heavy (non-hydrogen) atoms. The lowest BCUT2D eigenvalue weighted by Gasteiger charge is -2.18. The third-order valence-corrected chi connectivity index (χ3v) is 3.47. The lowest BCUT2D eigenvalue weighted by Crippen LogP contribution is -2.34. The number of carboxylic acids is 1. The average Bonchev–Trinajstić information content (AvgIpc) is 2.97. The van der Waals surface area contributed by atoms with Gasteiger partial charge in [0.25, 0.3) is 0 Å². The molecule has 1 heterocycles. The van der Waals surface area contributed by atoms with Crippen LogP contribution >= 0.6 is 0 Å².